The lowest BCUT2D eigenvalue weighted by molar-refractivity contribution is -0.136. The fourth-order valence-corrected chi connectivity index (χ4v) is 3.35. The molecule has 0 aliphatic rings. The van der Waals surface area contributed by atoms with E-state index in [1.165, 1.54) is 6.92 Å². The summed E-state index contributed by atoms with van der Waals surface area (Å²) < 4.78 is 5.73. The molecule has 0 radical (unpaired) electrons. The van der Waals surface area contributed by atoms with Gasteiger partial charge in [0.1, 0.15) is 5.75 Å². The molecule has 0 spiro atoms. The van der Waals surface area contributed by atoms with Crippen LogP contribution in [0.1, 0.15) is 49.8 Å². The fourth-order valence-electron chi connectivity index (χ4n) is 3.11. The molecule has 0 unspecified atom stereocenters. The summed E-state index contributed by atoms with van der Waals surface area (Å²) >= 11 is 6.42. The van der Waals surface area contributed by atoms with Crippen LogP contribution in [0.4, 0.5) is 11.4 Å². The normalized spacial score (nSPS) is 10.5. The van der Waals surface area contributed by atoms with E-state index in [1.807, 2.05) is 19.1 Å². The third-order valence-electron chi connectivity index (χ3n) is 4.56. The second kappa shape index (κ2) is 11.5. The number of benzene rings is 2. The Labute approximate surface area is 182 Å². The van der Waals surface area contributed by atoms with Gasteiger partial charge in [-0.05, 0) is 48.2 Å². The van der Waals surface area contributed by atoms with Gasteiger partial charge in [0.05, 0.1) is 24.4 Å². The maximum atomic E-state index is 11.6. The number of hydrogen-bond donors (Lipinski definition) is 3. The number of halogens is 1. The molecule has 0 aliphatic heterocycles. The van der Waals surface area contributed by atoms with Crippen LogP contribution in [-0.2, 0) is 22.6 Å². The summed E-state index contributed by atoms with van der Waals surface area (Å²) in [5.41, 5.74) is 3.58. The van der Waals surface area contributed by atoms with E-state index < -0.39 is 5.97 Å². The van der Waals surface area contributed by atoms with Crippen LogP contribution in [0.25, 0.3) is 0 Å². The van der Waals surface area contributed by atoms with Crippen LogP contribution in [0.5, 0.6) is 5.75 Å². The number of aryl methyl sites for hydroxylation is 1. The molecule has 2 rings (SSSR count). The van der Waals surface area contributed by atoms with Crippen LogP contribution in [0, 0.1) is 6.92 Å². The summed E-state index contributed by atoms with van der Waals surface area (Å²) in [6, 6.07) is 9.09. The van der Waals surface area contributed by atoms with Gasteiger partial charge in [-0.1, -0.05) is 43.5 Å². The summed E-state index contributed by atoms with van der Waals surface area (Å²) in [5, 5.41) is 15.8. The number of carboxylic acid groups (broad SMARTS) is 1. The first-order valence-corrected chi connectivity index (χ1v) is 10.5. The lowest BCUT2D eigenvalue weighted by Crippen LogP contribution is -2.12. The fraction of sp³-hybridized carbons (Fsp3) is 0.391. The van der Waals surface area contributed by atoms with Crippen molar-refractivity contribution in [2.45, 2.75) is 53.0 Å². The lowest BCUT2D eigenvalue weighted by Gasteiger charge is -2.17. The summed E-state index contributed by atoms with van der Waals surface area (Å²) in [5.74, 6) is -0.377. The number of carboxylic acids is 1. The number of hydrogen-bond acceptors (Lipinski definition) is 4. The third kappa shape index (κ3) is 7.26. The Balaban J connectivity index is 2.15. The molecule has 7 heteroatoms. The first-order valence-electron chi connectivity index (χ1n) is 10.1. The molecule has 0 bridgehead atoms. The minimum atomic E-state index is -0.912. The quantitative estimate of drug-likeness (QED) is 0.413. The number of rotatable bonds is 11. The lowest BCUT2D eigenvalue weighted by atomic mass is 10.0. The number of unbranched alkanes of at least 4 members (excludes halogenated alkanes) is 2. The largest absolute Gasteiger partial charge is 0.494 e. The minimum Gasteiger partial charge on any atom is -0.494 e. The molecule has 2 aromatic rings. The van der Waals surface area contributed by atoms with E-state index in [-0.39, 0.29) is 12.3 Å². The van der Waals surface area contributed by atoms with Gasteiger partial charge >= 0.3 is 5.97 Å². The second-order valence-corrected chi connectivity index (χ2v) is 7.66. The number of carbonyl (C=O) groups is 2. The van der Waals surface area contributed by atoms with Crippen LogP contribution in [0.3, 0.4) is 0 Å². The maximum absolute atomic E-state index is 11.6. The van der Waals surface area contributed by atoms with Gasteiger partial charge in [0, 0.05) is 18.5 Å². The molecule has 3 N–H and O–H groups in total. The number of aliphatic carboxylic acids is 1. The zero-order valence-corrected chi connectivity index (χ0v) is 18.4. The summed E-state index contributed by atoms with van der Waals surface area (Å²) in [4.78, 5) is 22.7. The molecule has 0 saturated carbocycles. The molecule has 0 saturated heterocycles. The Kier molecular flexibility index (Phi) is 8.99. The van der Waals surface area contributed by atoms with Crippen LogP contribution < -0.4 is 15.4 Å². The van der Waals surface area contributed by atoms with Gasteiger partial charge in [0.25, 0.3) is 0 Å². The van der Waals surface area contributed by atoms with E-state index in [0.29, 0.717) is 35.1 Å². The Morgan fingerprint density at radius 3 is 2.57 bits per heavy atom. The van der Waals surface area contributed by atoms with Crippen LogP contribution >= 0.6 is 11.6 Å². The molecular weight excluding hydrogens is 404 g/mol. The summed E-state index contributed by atoms with van der Waals surface area (Å²) in [6.45, 7) is 6.49. The van der Waals surface area contributed by atoms with Gasteiger partial charge in [0.2, 0.25) is 5.91 Å². The van der Waals surface area contributed by atoms with Gasteiger partial charge in [-0.25, -0.2) is 0 Å². The molecule has 0 aromatic heterocycles. The van der Waals surface area contributed by atoms with Gasteiger partial charge in [0.15, 0.2) is 0 Å². The highest BCUT2D eigenvalue weighted by molar-refractivity contribution is 6.31. The van der Waals surface area contributed by atoms with Crippen LogP contribution in [0.2, 0.25) is 5.02 Å². The molecular formula is C23H29ClN2O4. The number of carbonyl (C=O) groups excluding carboxylic acids is 1. The molecule has 162 valence electrons. The first-order chi connectivity index (χ1) is 14.3. The monoisotopic (exact) mass is 432 g/mol. The van der Waals surface area contributed by atoms with Crippen molar-refractivity contribution < 1.29 is 19.4 Å². The van der Waals surface area contributed by atoms with E-state index in [4.69, 9.17) is 21.4 Å². The van der Waals surface area contributed by atoms with E-state index in [0.717, 1.165) is 36.1 Å². The van der Waals surface area contributed by atoms with Crippen LogP contribution in [0.15, 0.2) is 30.3 Å². The average Bonchev–Trinajstić information content (AvgIpc) is 2.66. The number of anilines is 2. The Morgan fingerprint density at radius 2 is 1.93 bits per heavy atom. The van der Waals surface area contributed by atoms with Crippen molar-refractivity contribution in [1.29, 1.82) is 0 Å². The highest BCUT2D eigenvalue weighted by Gasteiger charge is 2.12. The molecule has 30 heavy (non-hydrogen) atoms. The SMILES string of the molecule is CCCCCOc1ccc(CNc2cc(CC(=O)O)cc(C)c2NC(C)=O)c(Cl)c1. The third-order valence-corrected chi connectivity index (χ3v) is 4.91. The molecule has 6 nitrogen and oxygen atoms in total. The topological polar surface area (TPSA) is 87.7 Å². The van der Waals surface area contributed by atoms with E-state index in [9.17, 15) is 9.59 Å². The standard InChI is InChI=1S/C23H29ClN2O4/c1-4-5-6-9-30-19-8-7-18(20(24)13-19)14-25-21-11-17(12-22(28)29)10-15(2)23(21)26-16(3)27/h7-8,10-11,13,25H,4-6,9,12,14H2,1-3H3,(H,26,27)(H,28,29). The van der Waals surface area contributed by atoms with Crippen molar-refractivity contribution >= 4 is 34.9 Å². The summed E-state index contributed by atoms with van der Waals surface area (Å²) in [6.07, 6.45) is 3.19. The molecule has 1 amide bonds. The smallest absolute Gasteiger partial charge is 0.307 e. The van der Waals surface area contributed by atoms with Gasteiger partial charge in [-0.2, -0.15) is 0 Å². The average molecular weight is 433 g/mol. The maximum Gasteiger partial charge on any atom is 0.307 e. The predicted octanol–water partition coefficient (Wildman–Crippen LogP) is 5.42. The van der Waals surface area contributed by atoms with Crippen molar-refractivity contribution in [3.63, 3.8) is 0 Å². The van der Waals surface area contributed by atoms with Crippen molar-refractivity contribution in [2.24, 2.45) is 0 Å². The molecule has 0 atom stereocenters. The predicted molar refractivity (Wildman–Crippen MR) is 121 cm³/mol. The van der Waals surface area contributed by atoms with Gasteiger partial charge in [-0.15, -0.1) is 0 Å². The number of ether oxygens (including phenoxy) is 1. The van der Waals surface area contributed by atoms with E-state index in [1.54, 1.807) is 18.2 Å². The zero-order valence-electron chi connectivity index (χ0n) is 17.7. The zero-order chi connectivity index (χ0) is 22.1. The highest BCUT2D eigenvalue weighted by atomic mass is 35.5. The van der Waals surface area contributed by atoms with Crippen molar-refractivity contribution in [2.75, 3.05) is 17.2 Å². The van der Waals surface area contributed by atoms with Crippen LogP contribution in [-0.4, -0.2) is 23.6 Å². The molecule has 0 heterocycles. The van der Waals surface area contributed by atoms with Crippen molar-refractivity contribution in [1.82, 2.24) is 0 Å². The van der Waals surface area contributed by atoms with E-state index in [2.05, 4.69) is 17.6 Å². The molecule has 2 aromatic carbocycles. The minimum absolute atomic E-state index is 0.0965. The van der Waals surface area contributed by atoms with Gasteiger partial charge < -0.3 is 20.5 Å². The Hall–Kier alpha value is -2.73. The Bertz CT molecular complexity index is 899. The first kappa shape index (κ1) is 23.5. The second-order valence-electron chi connectivity index (χ2n) is 7.25. The molecule has 0 aliphatic carbocycles. The van der Waals surface area contributed by atoms with E-state index >= 15 is 0 Å². The summed E-state index contributed by atoms with van der Waals surface area (Å²) in [7, 11) is 0. The van der Waals surface area contributed by atoms with Crippen molar-refractivity contribution in [3.8, 4) is 5.75 Å². The highest BCUT2D eigenvalue weighted by Crippen LogP contribution is 2.30. The van der Waals surface area contributed by atoms with Crippen molar-refractivity contribution in [3.05, 3.63) is 52.0 Å². The number of amides is 1. The molecule has 0 fully saturated rings. The Morgan fingerprint density at radius 1 is 1.17 bits per heavy atom. The number of nitrogens with one attached hydrogen (secondary N) is 2. The van der Waals surface area contributed by atoms with Gasteiger partial charge in [-0.3, -0.25) is 9.59 Å².